The van der Waals surface area contributed by atoms with Gasteiger partial charge in [-0.1, -0.05) is 12.1 Å². The van der Waals surface area contributed by atoms with E-state index in [0.29, 0.717) is 0 Å². The highest BCUT2D eigenvalue weighted by molar-refractivity contribution is 7.89. The molecule has 12 nitrogen and oxygen atoms in total. The minimum atomic E-state index is -3.91. The van der Waals surface area contributed by atoms with Crippen LogP contribution in [0, 0.1) is 20.2 Å². The molecule has 2 aromatic carbocycles. The van der Waals surface area contributed by atoms with E-state index < -0.39 is 25.6 Å². The summed E-state index contributed by atoms with van der Waals surface area (Å²) in [6.45, 7) is 0.829. The number of anilines is 1. The second-order valence-electron chi connectivity index (χ2n) is 6.14. The van der Waals surface area contributed by atoms with E-state index in [2.05, 4.69) is 10.5 Å². The molecule has 2 aromatic rings. The van der Waals surface area contributed by atoms with Gasteiger partial charge in [-0.3, -0.25) is 25.7 Å². The van der Waals surface area contributed by atoms with Crippen LogP contribution in [-0.4, -0.2) is 55.1 Å². The Hall–Kier alpha value is -3.42. The number of hydrogen-bond donors (Lipinski definition) is 1. The zero-order valence-corrected chi connectivity index (χ0v) is 16.3. The first kappa shape index (κ1) is 21.3. The fourth-order valence-electron chi connectivity index (χ4n) is 2.79. The summed E-state index contributed by atoms with van der Waals surface area (Å²) in [5.74, 6) is 0. The van der Waals surface area contributed by atoms with Crippen molar-refractivity contribution in [2.24, 2.45) is 5.10 Å². The van der Waals surface area contributed by atoms with Gasteiger partial charge in [0.05, 0.1) is 39.7 Å². The van der Waals surface area contributed by atoms with Gasteiger partial charge in [0.25, 0.3) is 11.4 Å². The first-order valence-electron chi connectivity index (χ1n) is 8.69. The van der Waals surface area contributed by atoms with Gasteiger partial charge in [-0.2, -0.15) is 9.41 Å². The minimum absolute atomic E-state index is 0.0595. The topological polar surface area (TPSA) is 157 Å². The van der Waals surface area contributed by atoms with Crippen LogP contribution in [-0.2, 0) is 14.8 Å². The van der Waals surface area contributed by atoms with Crippen LogP contribution in [0.2, 0.25) is 0 Å². The monoisotopic (exact) mass is 435 g/mol. The number of hydrazone groups is 1. The van der Waals surface area contributed by atoms with E-state index in [1.807, 2.05) is 0 Å². The van der Waals surface area contributed by atoms with Crippen LogP contribution < -0.4 is 5.43 Å². The van der Waals surface area contributed by atoms with Crippen LogP contribution in [0.25, 0.3) is 0 Å². The molecule has 3 rings (SSSR count). The van der Waals surface area contributed by atoms with E-state index >= 15 is 0 Å². The molecule has 13 heteroatoms. The zero-order chi connectivity index (χ0) is 21.7. The summed E-state index contributed by atoms with van der Waals surface area (Å²) >= 11 is 0. The molecule has 0 atom stereocenters. The van der Waals surface area contributed by atoms with E-state index in [1.165, 1.54) is 34.6 Å². The van der Waals surface area contributed by atoms with Gasteiger partial charge in [0, 0.05) is 25.2 Å². The Bertz CT molecular complexity index is 1100. The first-order chi connectivity index (χ1) is 14.3. The molecule has 1 aliphatic rings. The highest BCUT2D eigenvalue weighted by Gasteiger charge is 2.28. The quantitative estimate of drug-likeness (QED) is 0.393. The predicted octanol–water partition coefficient (Wildman–Crippen LogP) is 1.97. The summed E-state index contributed by atoms with van der Waals surface area (Å²) in [5, 5.41) is 26.3. The molecule has 1 heterocycles. The molecule has 30 heavy (non-hydrogen) atoms. The van der Waals surface area contributed by atoms with Crippen LogP contribution in [0.3, 0.4) is 0 Å². The van der Waals surface area contributed by atoms with Crippen molar-refractivity contribution in [2.75, 3.05) is 31.7 Å². The van der Waals surface area contributed by atoms with E-state index in [9.17, 15) is 28.6 Å². The van der Waals surface area contributed by atoms with Crippen molar-refractivity contribution in [3.05, 3.63) is 68.3 Å². The molecule has 0 radical (unpaired) electrons. The summed E-state index contributed by atoms with van der Waals surface area (Å²) in [7, 11) is -3.91. The van der Waals surface area contributed by atoms with Crippen LogP contribution in [0.15, 0.2) is 52.5 Å². The molecule has 1 fully saturated rings. The predicted molar refractivity (Wildman–Crippen MR) is 107 cm³/mol. The standard InChI is InChI=1S/C17H17N5O7S/c23-21(24)16-4-2-1-3-13(16)12-18-19-15-6-5-14(11-17(15)22(25)26)30(27,28)20-7-9-29-10-8-20/h1-6,11-12,19H,7-10H2/b18-12+. The SMILES string of the molecule is O=[N+]([O-])c1ccccc1/C=N/Nc1ccc(S(=O)(=O)N2CCOCC2)cc1[N+](=O)[O-]. The van der Waals surface area contributed by atoms with Crippen molar-refractivity contribution in [1.82, 2.24) is 4.31 Å². The van der Waals surface area contributed by atoms with Gasteiger partial charge in [-0.25, -0.2) is 8.42 Å². The molecular formula is C17H17N5O7S. The van der Waals surface area contributed by atoms with Crippen molar-refractivity contribution in [3.8, 4) is 0 Å². The third kappa shape index (κ3) is 4.59. The van der Waals surface area contributed by atoms with Gasteiger partial charge >= 0.3 is 0 Å². The fraction of sp³-hybridized carbons (Fsp3) is 0.235. The van der Waals surface area contributed by atoms with Crippen molar-refractivity contribution in [3.63, 3.8) is 0 Å². The lowest BCUT2D eigenvalue weighted by molar-refractivity contribution is -0.385. The van der Waals surface area contributed by atoms with Crippen LogP contribution in [0.1, 0.15) is 5.56 Å². The maximum absolute atomic E-state index is 12.7. The molecule has 0 aliphatic carbocycles. The third-order valence-corrected chi connectivity index (χ3v) is 6.19. The van der Waals surface area contributed by atoms with Crippen LogP contribution in [0.4, 0.5) is 17.1 Å². The smallest absolute Gasteiger partial charge is 0.295 e. The molecule has 0 spiro atoms. The number of ether oxygens (including phenoxy) is 1. The average molecular weight is 435 g/mol. The second kappa shape index (κ2) is 8.94. The molecule has 0 saturated carbocycles. The molecular weight excluding hydrogens is 418 g/mol. The lowest BCUT2D eigenvalue weighted by atomic mass is 10.2. The van der Waals surface area contributed by atoms with Gasteiger partial charge in [0.2, 0.25) is 10.0 Å². The lowest BCUT2D eigenvalue weighted by Gasteiger charge is -2.26. The molecule has 1 aliphatic heterocycles. The molecule has 1 N–H and O–H groups in total. The van der Waals surface area contributed by atoms with Gasteiger partial charge in [0.1, 0.15) is 5.69 Å². The normalized spacial score (nSPS) is 15.2. The Morgan fingerprint density at radius 2 is 1.70 bits per heavy atom. The van der Waals surface area contributed by atoms with Crippen molar-refractivity contribution in [1.29, 1.82) is 0 Å². The second-order valence-corrected chi connectivity index (χ2v) is 8.08. The van der Waals surface area contributed by atoms with Crippen molar-refractivity contribution in [2.45, 2.75) is 4.90 Å². The van der Waals surface area contributed by atoms with Crippen LogP contribution >= 0.6 is 0 Å². The number of rotatable bonds is 7. The maximum atomic E-state index is 12.7. The van der Waals surface area contributed by atoms with Gasteiger partial charge in [-0.15, -0.1) is 0 Å². The Kier molecular flexibility index (Phi) is 6.34. The number of para-hydroxylation sites is 1. The molecule has 158 valence electrons. The Morgan fingerprint density at radius 3 is 2.37 bits per heavy atom. The number of nitrogens with zero attached hydrogens (tertiary/aromatic N) is 4. The van der Waals surface area contributed by atoms with E-state index in [1.54, 1.807) is 6.07 Å². The fourth-order valence-corrected chi connectivity index (χ4v) is 4.22. The molecule has 0 aromatic heterocycles. The maximum Gasteiger partial charge on any atom is 0.295 e. The summed E-state index contributed by atoms with van der Waals surface area (Å²) < 4.78 is 31.8. The van der Waals surface area contributed by atoms with Crippen molar-refractivity contribution >= 4 is 33.3 Å². The highest BCUT2D eigenvalue weighted by atomic mass is 32.2. The number of morpholine rings is 1. The molecule has 0 amide bonds. The Labute approximate surface area is 171 Å². The zero-order valence-electron chi connectivity index (χ0n) is 15.5. The number of nitro benzene ring substituents is 2. The summed E-state index contributed by atoms with van der Waals surface area (Å²) in [6, 6.07) is 9.27. The van der Waals surface area contributed by atoms with Gasteiger partial charge in [-0.05, 0) is 18.2 Å². The molecule has 0 bridgehead atoms. The van der Waals surface area contributed by atoms with E-state index in [4.69, 9.17) is 4.74 Å². The third-order valence-electron chi connectivity index (χ3n) is 4.30. The van der Waals surface area contributed by atoms with Crippen LogP contribution in [0.5, 0.6) is 0 Å². The highest BCUT2D eigenvalue weighted by Crippen LogP contribution is 2.29. The minimum Gasteiger partial charge on any atom is -0.379 e. The van der Waals surface area contributed by atoms with Gasteiger partial charge < -0.3 is 4.74 Å². The van der Waals surface area contributed by atoms with Gasteiger partial charge in [0.15, 0.2) is 0 Å². The number of hydrogen-bond acceptors (Lipinski definition) is 9. The number of benzene rings is 2. The number of nitrogens with one attached hydrogen (secondary N) is 1. The Balaban J connectivity index is 1.86. The number of nitro groups is 2. The summed E-state index contributed by atoms with van der Waals surface area (Å²) in [4.78, 5) is 20.9. The first-order valence-corrected chi connectivity index (χ1v) is 10.1. The van der Waals surface area contributed by atoms with E-state index in [-0.39, 0.29) is 48.1 Å². The molecule has 0 unspecified atom stereocenters. The summed E-state index contributed by atoms with van der Waals surface area (Å²) in [6.07, 6.45) is 1.15. The summed E-state index contributed by atoms with van der Waals surface area (Å²) in [5.41, 5.74) is 1.91. The lowest BCUT2D eigenvalue weighted by Crippen LogP contribution is -2.40. The largest absolute Gasteiger partial charge is 0.379 e. The van der Waals surface area contributed by atoms with E-state index in [0.717, 1.165) is 12.3 Å². The Morgan fingerprint density at radius 1 is 1.03 bits per heavy atom. The molecule has 1 saturated heterocycles. The number of sulfonamides is 1. The van der Waals surface area contributed by atoms with Crippen molar-refractivity contribution < 1.29 is 23.0 Å². The average Bonchev–Trinajstić information content (AvgIpc) is 2.74.